The van der Waals surface area contributed by atoms with Crippen LogP contribution in [0.3, 0.4) is 0 Å². The molecule has 0 aliphatic carbocycles. The van der Waals surface area contributed by atoms with E-state index in [2.05, 4.69) is 15.6 Å². The van der Waals surface area contributed by atoms with Crippen molar-refractivity contribution in [3.05, 3.63) is 89.2 Å². The first-order valence-corrected chi connectivity index (χ1v) is 12.5. The molecule has 0 bridgehead atoms. The molecule has 4 rings (SSSR count). The van der Waals surface area contributed by atoms with Gasteiger partial charge in [-0.05, 0) is 60.6 Å². The van der Waals surface area contributed by atoms with Gasteiger partial charge in [-0.1, -0.05) is 49.4 Å². The van der Waals surface area contributed by atoms with E-state index in [0.29, 0.717) is 24.5 Å². The van der Waals surface area contributed by atoms with Crippen molar-refractivity contribution < 1.29 is 19.5 Å². The Labute approximate surface area is 216 Å². The maximum Gasteiger partial charge on any atom is 0.323 e. The number of likely N-dealkylation sites (tertiary alicyclic amines) is 1. The highest BCUT2D eigenvalue weighted by molar-refractivity contribution is 6.00. The zero-order chi connectivity index (χ0) is 26.4. The largest absolute Gasteiger partial charge is 0.481 e. The van der Waals surface area contributed by atoms with Crippen molar-refractivity contribution in [2.75, 3.05) is 17.2 Å². The van der Waals surface area contributed by atoms with Crippen LogP contribution in [0.1, 0.15) is 60.4 Å². The fourth-order valence-corrected chi connectivity index (χ4v) is 4.61. The van der Waals surface area contributed by atoms with Crippen molar-refractivity contribution in [3.8, 4) is 0 Å². The third-order valence-corrected chi connectivity index (χ3v) is 6.73. The molecule has 1 unspecified atom stereocenters. The second kappa shape index (κ2) is 11.7. The third-order valence-electron chi connectivity index (χ3n) is 6.73. The summed E-state index contributed by atoms with van der Waals surface area (Å²) in [5.74, 6) is -1.16. The maximum absolute atomic E-state index is 13.3. The van der Waals surface area contributed by atoms with Crippen LogP contribution in [0.15, 0.2) is 66.9 Å². The van der Waals surface area contributed by atoms with E-state index in [1.165, 1.54) is 0 Å². The summed E-state index contributed by atoms with van der Waals surface area (Å²) in [6.45, 7) is 5.01. The van der Waals surface area contributed by atoms with Crippen molar-refractivity contribution in [3.63, 3.8) is 0 Å². The van der Waals surface area contributed by atoms with E-state index in [-0.39, 0.29) is 30.2 Å². The fraction of sp³-hybridized carbons (Fsp3) is 0.310. The number of hydrogen-bond donors (Lipinski definition) is 3. The molecule has 1 aromatic heterocycles. The Bertz CT molecular complexity index is 1260. The van der Waals surface area contributed by atoms with Crippen molar-refractivity contribution in [1.29, 1.82) is 0 Å². The number of anilines is 2. The van der Waals surface area contributed by atoms with Crippen molar-refractivity contribution in [2.45, 2.75) is 51.5 Å². The topological polar surface area (TPSA) is 112 Å². The molecule has 2 atom stereocenters. The summed E-state index contributed by atoms with van der Waals surface area (Å²) in [7, 11) is 0. The van der Waals surface area contributed by atoms with Crippen LogP contribution in [0.25, 0.3) is 0 Å². The monoisotopic (exact) mass is 500 g/mol. The molecule has 1 aliphatic rings. The average molecular weight is 501 g/mol. The van der Waals surface area contributed by atoms with Crippen molar-refractivity contribution in [2.24, 2.45) is 0 Å². The zero-order valence-corrected chi connectivity index (χ0v) is 21.1. The van der Waals surface area contributed by atoms with Crippen LogP contribution < -0.4 is 10.6 Å². The van der Waals surface area contributed by atoms with Gasteiger partial charge in [0.1, 0.15) is 0 Å². The van der Waals surface area contributed by atoms with Crippen molar-refractivity contribution in [1.82, 2.24) is 9.88 Å². The lowest BCUT2D eigenvalue weighted by molar-refractivity contribution is -0.137. The minimum Gasteiger partial charge on any atom is -0.481 e. The van der Waals surface area contributed by atoms with Gasteiger partial charge in [-0.15, -0.1) is 0 Å². The summed E-state index contributed by atoms with van der Waals surface area (Å²) in [6, 6.07) is 18.6. The number of aromatic nitrogens is 1. The second-order valence-corrected chi connectivity index (χ2v) is 9.56. The molecule has 37 heavy (non-hydrogen) atoms. The molecule has 1 saturated heterocycles. The predicted molar refractivity (Wildman–Crippen MR) is 143 cm³/mol. The number of carboxylic acids is 1. The first-order valence-electron chi connectivity index (χ1n) is 12.5. The van der Waals surface area contributed by atoms with Gasteiger partial charge in [0.25, 0.3) is 0 Å². The molecule has 8 heteroatoms. The highest BCUT2D eigenvalue weighted by atomic mass is 16.4. The molecule has 0 radical (unpaired) electrons. The summed E-state index contributed by atoms with van der Waals surface area (Å²) in [5, 5.41) is 14.6. The minimum absolute atomic E-state index is 0.0417. The molecule has 0 saturated carbocycles. The highest BCUT2D eigenvalue weighted by Gasteiger charge is 2.31. The molecule has 192 valence electrons. The number of carbonyl (C=O) groups is 3. The van der Waals surface area contributed by atoms with Crippen LogP contribution in [0.2, 0.25) is 0 Å². The van der Waals surface area contributed by atoms with E-state index in [1.54, 1.807) is 18.3 Å². The average Bonchev–Trinajstić information content (AvgIpc) is 2.87. The van der Waals surface area contributed by atoms with Crippen LogP contribution in [0.5, 0.6) is 0 Å². The van der Waals surface area contributed by atoms with Gasteiger partial charge in [0.2, 0.25) is 5.91 Å². The van der Waals surface area contributed by atoms with Gasteiger partial charge in [-0.2, -0.15) is 0 Å². The Morgan fingerprint density at radius 1 is 1.08 bits per heavy atom. The Balaban J connectivity index is 1.35. The van der Waals surface area contributed by atoms with Crippen LogP contribution in [0.4, 0.5) is 16.2 Å². The number of aryl methyl sites for hydroxylation is 1. The van der Waals surface area contributed by atoms with Gasteiger partial charge >= 0.3 is 12.0 Å². The van der Waals surface area contributed by atoms with Gasteiger partial charge in [0.05, 0.1) is 29.9 Å². The number of nitrogens with one attached hydrogen (secondary N) is 2. The van der Waals surface area contributed by atoms with E-state index in [4.69, 9.17) is 5.11 Å². The number of carboxylic acid groups (broad SMARTS) is 1. The molecule has 8 nitrogen and oxygen atoms in total. The lowest BCUT2D eigenvalue weighted by Crippen LogP contribution is -2.39. The van der Waals surface area contributed by atoms with E-state index >= 15 is 0 Å². The normalized spacial score (nSPS) is 16.2. The standard InChI is InChI=1S/C29H32N4O4/c1-19-6-3-4-8-25(19)32-29(37)31-23-13-14-26(30-17-23)24-7-5-15-33(28(24)36)18-21-9-11-22(12-10-21)20(2)16-27(34)35/h3-4,6,8-14,17,20,24H,5,7,15-16,18H2,1-2H3,(H,34,35)(H2,31,32,37)/t20-,24?/m0/s1. The smallest absolute Gasteiger partial charge is 0.323 e. The number of carbonyl (C=O) groups excluding carboxylic acids is 2. The summed E-state index contributed by atoms with van der Waals surface area (Å²) in [6.07, 6.45) is 3.28. The van der Waals surface area contributed by atoms with Crippen LogP contribution in [0, 0.1) is 6.92 Å². The van der Waals surface area contributed by atoms with Gasteiger partial charge in [0, 0.05) is 18.8 Å². The van der Waals surface area contributed by atoms with Crippen LogP contribution in [-0.4, -0.2) is 39.4 Å². The molecular formula is C29H32N4O4. The molecule has 3 aromatic rings. The number of piperidine rings is 1. The maximum atomic E-state index is 13.3. The van der Waals surface area contributed by atoms with E-state index < -0.39 is 5.97 Å². The van der Waals surface area contributed by atoms with Gasteiger partial charge in [0.15, 0.2) is 0 Å². The zero-order valence-electron chi connectivity index (χ0n) is 21.1. The third kappa shape index (κ3) is 6.73. The SMILES string of the molecule is Cc1ccccc1NC(=O)Nc1ccc(C2CCCN(Cc3ccc([C@@H](C)CC(=O)O)cc3)C2=O)nc1. The Hall–Kier alpha value is -4.20. The quantitative estimate of drug-likeness (QED) is 0.377. The first-order chi connectivity index (χ1) is 17.8. The summed E-state index contributed by atoms with van der Waals surface area (Å²) >= 11 is 0. The molecule has 0 spiro atoms. The number of pyridine rings is 1. The summed E-state index contributed by atoms with van der Waals surface area (Å²) < 4.78 is 0. The Morgan fingerprint density at radius 2 is 1.84 bits per heavy atom. The predicted octanol–water partition coefficient (Wildman–Crippen LogP) is 5.52. The van der Waals surface area contributed by atoms with E-state index in [9.17, 15) is 14.4 Å². The van der Waals surface area contributed by atoms with Gasteiger partial charge < -0.3 is 20.6 Å². The highest BCUT2D eigenvalue weighted by Crippen LogP contribution is 2.29. The van der Waals surface area contributed by atoms with Gasteiger partial charge in [-0.25, -0.2) is 4.79 Å². The van der Waals surface area contributed by atoms with Crippen LogP contribution >= 0.6 is 0 Å². The molecule has 3 N–H and O–H groups in total. The number of nitrogens with zero attached hydrogens (tertiary/aromatic N) is 2. The number of aliphatic carboxylic acids is 1. The van der Waals surface area contributed by atoms with Crippen molar-refractivity contribution >= 4 is 29.3 Å². The van der Waals surface area contributed by atoms with E-state index in [1.807, 2.05) is 67.3 Å². The molecular weight excluding hydrogens is 468 g/mol. The Morgan fingerprint density at radius 3 is 2.51 bits per heavy atom. The molecule has 3 amide bonds. The second-order valence-electron chi connectivity index (χ2n) is 9.56. The summed E-state index contributed by atoms with van der Waals surface area (Å²) in [4.78, 5) is 42.9. The minimum atomic E-state index is -0.815. The van der Waals surface area contributed by atoms with Gasteiger partial charge in [-0.3, -0.25) is 14.6 Å². The number of rotatable bonds is 8. The Kier molecular flexibility index (Phi) is 8.18. The molecule has 2 aromatic carbocycles. The fourth-order valence-electron chi connectivity index (χ4n) is 4.61. The number of benzene rings is 2. The summed E-state index contributed by atoms with van der Waals surface area (Å²) in [5.41, 5.74) is 4.92. The number of amides is 3. The number of hydrogen-bond acceptors (Lipinski definition) is 4. The number of urea groups is 1. The molecule has 1 aliphatic heterocycles. The first kappa shape index (κ1) is 25.9. The van der Waals surface area contributed by atoms with E-state index in [0.717, 1.165) is 35.2 Å². The van der Waals surface area contributed by atoms with Crippen LogP contribution in [-0.2, 0) is 16.1 Å². The number of para-hydroxylation sites is 1. The molecule has 1 fully saturated rings. The molecule has 2 heterocycles. The lowest BCUT2D eigenvalue weighted by atomic mass is 9.92. The lowest BCUT2D eigenvalue weighted by Gasteiger charge is -2.32.